The first-order chi connectivity index (χ1) is 15.1. The van der Waals surface area contributed by atoms with Gasteiger partial charge in [-0.1, -0.05) is 62.4 Å². The number of fused-ring (bicyclic) bond motifs is 6. The van der Waals surface area contributed by atoms with Crippen LogP contribution in [0.5, 0.6) is 0 Å². The Bertz CT molecular complexity index is 1630. The number of halogens is 1. The van der Waals surface area contributed by atoms with Crippen molar-refractivity contribution in [1.29, 1.82) is 0 Å². The van der Waals surface area contributed by atoms with Crippen LogP contribution in [0, 0.1) is 5.82 Å². The maximum Gasteiger partial charge on any atom is 0.141 e. The third-order valence-electron chi connectivity index (χ3n) is 6.13. The molecule has 2 aromatic heterocycles. The lowest BCUT2D eigenvalue weighted by Crippen LogP contribution is -1.94. The minimum atomic E-state index is -0.169. The first-order valence-corrected chi connectivity index (χ1v) is 11.3. The summed E-state index contributed by atoms with van der Waals surface area (Å²) in [6.07, 6.45) is 1.84. The van der Waals surface area contributed by atoms with Gasteiger partial charge in [0.25, 0.3) is 0 Å². The minimum absolute atomic E-state index is 0.169. The van der Waals surface area contributed by atoms with Gasteiger partial charge in [-0.15, -0.1) is 11.3 Å². The zero-order valence-electron chi connectivity index (χ0n) is 17.3. The highest BCUT2D eigenvalue weighted by atomic mass is 32.1. The average molecular weight is 422 g/mol. The molecule has 6 aromatic rings. The summed E-state index contributed by atoms with van der Waals surface area (Å²) in [5.74, 6) is 0.199. The number of benzene rings is 4. The highest BCUT2D eigenvalue weighted by molar-refractivity contribution is 7.26. The Morgan fingerprint density at radius 1 is 0.774 bits per heavy atom. The standard InChI is InChI=1S/C28H20FNS/c1-16(2)23-15-19(14-18-11-10-17-6-3-4-7-20(17)25(18)23)26-28-22(12-13-30-26)21-8-5-9-24(29)27(21)31-28/h3-16H,1-2H3. The quantitative estimate of drug-likeness (QED) is 0.255. The third-order valence-corrected chi connectivity index (χ3v) is 7.37. The highest BCUT2D eigenvalue weighted by Gasteiger charge is 2.17. The summed E-state index contributed by atoms with van der Waals surface area (Å²) in [5.41, 5.74) is 3.33. The van der Waals surface area contributed by atoms with E-state index in [1.807, 2.05) is 18.3 Å². The SMILES string of the molecule is CC(C)c1cc(-c2nccc3c2sc2c(F)cccc23)cc2ccc3ccccc3c12. The number of nitrogens with zero attached hydrogens (tertiary/aromatic N) is 1. The molecular formula is C28H20FNS. The van der Waals surface area contributed by atoms with Crippen molar-refractivity contribution in [3.05, 3.63) is 90.4 Å². The Labute approximate surface area is 183 Å². The van der Waals surface area contributed by atoms with E-state index < -0.39 is 0 Å². The minimum Gasteiger partial charge on any atom is -0.255 e. The van der Waals surface area contributed by atoms with Crippen LogP contribution >= 0.6 is 11.3 Å². The molecule has 31 heavy (non-hydrogen) atoms. The summed E-state index contributed by atoms with van der Waals surface area (Å²) in [6, 6.07) is 24.8. The zero-order valence-corrected chi connectivity index (χ0v) is 18.1. The second-order valence-electron chi connectivity index (χ2n) is 8.36. The number of rotatable bonds is 2. The Hall–Kier alpha value is -3.30. The van der Waals surface area contributed by atoms with E-state index in [0.29, 0.717) is 10.6 Å². The molecule has 4 aromatic carbocycles. The molecule has 1 nitrogen and oxygen atoms in total. The van der Waals surface area contributed by atoms with E-state index >= 15 is 0 Å². The van der Waals surface area contributed by atoms with Crippen molar-refractivity contribution in [2.75, 3.05) is 0 Å². The highest BCUT2D eigenvalue weighted by Crippen LogP contribution is 2.42. The molecule has 150 valence electrons. The van der Waals surface area contributed by atoms with E-state index in [2.05, 4.69) is 62.4 Å². The van der Waals surface area contributed by atoms with Gasteiger partial charge in [-0.3, -0.25) is 4.98 Å². The van der Waals surface area contributed by atoms with Gasteiger partial charge < -0.3 is 0 Å². The van der Waals surface area contributed by atoms with Crippen LogP contribution in [0.1, 0.15) is 25.3 Å². The van der Waals surface area contributed by atoms with E-state index in [9.17, 15) is 4.39 Å². The lowest BCUT2D eigenvalue weighted by atomic mass is 9.89. The molecule has 0 aliphatic heterocycles. The maximum atomic E-state index is 14.5. The van der Waals surface area contributed by atoms with Crippen LogP contribution in [0.2, 0.25) is 0 Å². The summed E-state index contributed by atoms with van der Waals surface area (Å²) in [7, 11) is 0. The number of aromatic nitrogens is 1. The second kappa shape index (κ2) is 6.86. The van der Waals surface area contributed by atoms with E-state index in [0.717, 1.165) is 26.7 Å². The summed E-state index contributed by atoms with van der Waals surface area (Å²) >= 11 is 1.49. The van der Waals surface area contributed by atoms with E-state index in [1.165, 1.54) is 44.5 Å². The largest absolute Gasteiger partial charge is 0.255 e. The Morgan fingerprint density at radius 2 is 1.55 bits per heavy atom. The van der Waals surface area contributed by atoms with Gasteiger partial charge in [-0.2, -0.15) is 0 Å². The molecule has 0 spiro atoms. The zero-order chi connectivity index (χ0) is 21.1. The maximum absolute atomic E-state index is 14.5. The van der Waals surface area contributed by atoms with Crippen LogP contribution in [0.4, 0.5) is 4.39 Å². The van der Waals surface area contributed by atoms with Gasteiger partial charge in [0.2, 0.25) is 0 Å². The molecule has 6 rings (SSSR count). The predicted molar refractivity (Wildman–Crippen MR) is 132 cm³/mol. The first-order valence-electron chi connectivity index (χ1n) is 10.5. The summed E-state index contributed by atoms with van der Waals surface area (Å²) < 4.78 is 16.2. The number of hydrogen-bond donors (Lipinski definition) is 0. The van der Waals surface area contributed by atoms with Crippen LogP contribution in [-0.2, 0) is 0 Å². The molecule has 0 amide bonds. The molecule has 0 aliphatic rings. The van der Waals surface area contributed by atoms with Crippen LogP contribution in [0.15, 0.2) is 79.0 Å². The molecule has 0 atom stereocenters. The number of hydrogen-bond acceptors (Lipinski definition) is 2. The van der Waals surface area contributed by atoms with Gasteiger partial charge in [0, 0.05) is 22.5 Å². The van der Waals surface area contributed by atoms with Gasteiger partial charge in [-0.25, -0.2) is 4.39 Å². The lowest BCUT2D eigenvalue weighted by molar-refractivity contribution is 0.642. The van der Waals surface area contributed by atoms with Crippen LogP contribution in [-0.4, -0.2) is 4.98 Å². The van der Waals surface area contributed by atoms with Crippen molar-refractivity contribution in [2.45, 2.75) is 19.8 Å². The Morgan fingerprint density at radius 3 is 2.42 bits per heavy atom. The Kier molecular flexibility index (Phi) is 4.09. The molecule has 0 unspecified atom stereocenters. The molecule has 2 heterocycles. The second-order valence-corrected chi connectivity index (χ2v) is 9.38. The van der Waals surface area contributed by atoms with Gasteiger partial charge in [0.1, 0.15) is 5.82 Å². The molecular weight excluding hydrogens is 401 g/mol. The van der Waals surface area contributed by atoms with Crippen molar-refractivity contribution in [3.63, 3.8) is 0 Å². The van der Waals surface area contributed by atoms with Gasteiger partial charge in [0.05, 0.1) is 15.1 Å². The molecule has 0 bridgehead atoms. The fourth-order valence-corrected chi connectivity index (χ4v) is 5.88. The number of thiophene rings is 1. The smallest absolute Gasteiger partial charge is 0.141 e. The molecule has 0 fully saturated rings. The molecule has 0 N–H and O–H groups in total. The van der Waals surface area contributed by atoms with E-state index in [1.54, 1.807) is 6.07 Å². The third kappa shape index (κ3) is 2.77. The van der Waals surface area contributed by atoms with Crippen LogP contribution in [0.3, 0.4) is 0 Å². The monoisotopic (exact) mass is 421 g/mol. The van der Waals surface area contributed by atoms with Gasteiger partial charge in [-0.05, 0) is 57.3 Å². The molecule has 0 saturated carbocycles. The fourth-order valence-electron chi connectivity index (χ4n) is 4.67. The summed E-state index contributed by atoms with van der Waals surface area (Å²) in [6.45, 7) is 4.48. The summed E-state index contributed by atoms with van der Waals surface area (Å²) in [5, 5.41) is 7.08. The van der Waals surface area contributed by atoms with Gasteiger partial charge >= 0.3 is 0 Å². The first kappa shape index (κ1) is 18.5. The molecule has 0 radical (unpaired) electrons. The van der Waals surface area contributed by atoms with Crippen molar-refractivity contribution in [2.24, 2.45) is 0 Å². The number of pyridine rings is 1. The van der Waals surface area contributed by atoms with Crippen LogP contribution < -0.4 is 0 Å². The van der Waals surface area contributed by atoms with Crippen molar-refractivity contribution < 1.29 is 4.39 Å². The molecule has 0 aliphatic carbocycles. The van der Waals surface area contributed by atoms with Gasteiger partial charge in [0.15, 0.2) is 0 Å². The molecule has 3 heteroatoms. The molecule has 0 saturated heterocycles. The predicted octanol–water partition coefficient (Wildman–Crippen LogP) is 8.69. The topological polar surface area (TPSA) is 12.9 Å². The Balaban J connectivity index is 1.71. The van der Waals surface area contributed by atoms with Crippen molar-refractivity contribution in [3.8, 4) is 11.3 Å². The average Bonchev–Trinajstić information content (AvgIpc) is 3.18. The van der Waals surface area contributed by atoms with Crippen molar-refractivity contribution in [1.82, 2.24) is 4.98 Å². The van der Waals surface area contributed by atoms with E-state index in [-0.39, 0.29) is 5.82 Å². The van der Waals surface area contributed by atoms with Crippen LogP contribution in [0.25, 0.3) is 53.0 Å². The van der Waals surface area contributed by atoms with Crippen molar-refractivity contribution >= 4 is 53.1 Å². The lowest BCUT2D eigenvalue weighted by Gasteiger charge is -2.15. The summed E-state index contributed by atoms with van der Waals surface area (Å²) in [4.78, 5) is 4.76. The fraction of sp³-hybridized carbons (Fsp3) is 0.107. The van der Waals surface area contributed by atoms with E-state index in [4.69, 9.17) is 4.98 Å². The normalized spacial score (nSPS) is 12.0.